The van der Waals surface area contributed by atoms with Crippen molar-refractivity contribution in [3.05, 3.63) is 46.2 Å². The maximum absolute atomic E-state index is 13.7. The Morgan fingerprint density at radius 2 is 1.76 bits per heavy atom. The normalized spacial score (nSPS) is 13.8. The first kappa shape index (κ1) is 29.0. The van der Waals surface area contributed by atoms with E-state index in [1.54, 1.807) is 25.6 Å². The molecule has 6 nitrogen and oxygen atoms in total. The summed E-state index contributed by atoms with van der Waals surface area (Å²) in [5.74, 6) is 1.56. The summed E-state index contributed by atoms with van der Waals surface area (Å²) >= 11 is 1.66. The highest BCUT2D eigenvalue weighted by Gasteiger charge is 2.28. The predicted molar refractivity (Wildman–Crippen MR) is 150 cm³/mol. The second-order valence-corrected chi connectivity index (χ2v) is 11.0. The van der Waals surface area contributed by atoms with Crippen molar-refractivity contribution in [1.82, 2.24) is 9.80 Å². The van der Waals surface area contributed by atoms with Gasteiger partial charge in [-0.25, -0.2) is 0 Å². The molecule has 1 aromatic carbocycles. The lowest BCUT2D eigenvalue weighted by Crippen LogP contribution is -2.48. The Balaban J connectivity index is 1.72. The van der Waals surface area contributed by atoms with Gasteiger partial charge in [-0.1, -0.05) is 57.6 Å². The third-order valence-electron chi connectivity index (χ3n) is 7.28. The fraction of sp³-hybridized carbons (Fsp3) is 0.600. The van der Waals surface area contributed by atoms with E-state index in [4.69, 9.17) is 9.47 Å². The topological polar surface area (TPSA) is 59.1 Å². The van der Waals surface area contributed by atoms with Crippen LogP contribution in [0.1, 0.15) is 81.6 Å². The van der Waals surface area contributed by atoms with Crippen molar-refractivity contribution in [2.24, 2.45) is 0 Å². The molecule has 7 heteroatoms. The zero-order chi connectivity index (χ0) is 26.5. The molecule has 37 heavy (non-hydrogen) atoms. The van der Waals surface area contributed by atoms with Crippen LogP contribution in [0.3, 0.4) is 0 Å². The number of unbranched alkanes of at least 4 members (excludes halogenated alkanes) is 3. The van der Waals surface area contributed by atoms with E-state index in [0.29, 0.717) is 37.4 Å². The third kappa shape index (κ3) is 9.06. The molecule has 0 aliphatic heterocycles. The molecular weight excluding hydrogens is 484 g/mol. The Kier molecular flexibility index (Phi) is 12.3. The fourth-order valence-corrected chi connectivity index (χ4v) is 5.81. The van der Waals surface area contributed by atoms with Crippen molar-refractivity contribution >= 4 is 23.2 Å². The maximum atomic E-state index is 13.7. The third-order valence-corrected chi connectivity index (χ3v) is 8.14. The number of nitrogens with zero attached hydrogens (tertiary/aromatic N) is 2. The molecule has 0 atom stereocenters. The van der Waals surface area contributed by atoms with Crippen molar-refractivity contribution in [3.8, 4) is 11.5 Å². The van der Waals surface area contributed by atoms with Crippen molar-refractivity contribution in [3.63, 3.8) is 0 Å². The number of hydrogen-bond donors (Lipinski definition) is 0. The second kappa shape index (κ2) is 15.7. The molecule has 1 heterocycles. The Morgan fingerprint density at radius 3 is 2.43 bits per heavy atom. The van der Waals surface area contributed by atoms with Crippen molar-refractivity contribution < 1.29 is 19.1 Å². The number of ether oxygens (including phenoxy) is 2. The van der Waals surface area contributed by atoms with Gasteiger partial charge in [-0.2, -0.15) is 0 Å². The number of carbonyl (C=O) groups excluding carboxylic acids is 2. The van der Waals surface area contributed by atoms with Gasteiger partial charge in [0.2, 0.25) is 11.8 Å². The van der Waals surface area contributed by atoms with E-state index in [9.17, 15) is 9.59 Å². The van der Waals surface area contributed by atoms with Gasteiger partial charge in [-0.15, -0.1) is 11.3 Å². The molecule has 0 unspecified atom stereocenters. The van der Waals surface area contributed by atoms with Crippen molar-refractivity contribution in [2.45, 2.75) is 90.1 Å². The van der Waals surface area contributed by atoms with E-state index in [1.165, 1.54) is 6.42 Å². The number of thiophene rings is 1. The van der Waals surface area contributed by atoms with Crippen LogP contribution in [0.5, 0.6) is 11.5 Å². The van der Waals surface area contributed by atoms with E-state index in [0.717, 1.165) is 61.8 Å². The predicted octanol–water partition coefficient (Wildman–Crippen LogP) is 6.47. The monoisotopic (exact) mass is 528 g/mol. The summed E-state index contributed by atoms with van der Waals surface area (Å²) in [4.78, 5) is 32.1. The molecule has 1 fully saturated rings. The fourth-order valence-electron chi connectivity index (χ4n) is 5.09. The number of carbonyl (C=O) groups is 2. The van der Waals surface area contributed by atoms with Crippen LogP contribution in [0.25, 0.3) is 0 Å². The lowest BCUT2D eigenvalue weighted by molar-refractivity contribution is -0.143. The average Bonchev–Trinajstić information content (AvgIpc) is 3.45. The minimum Gasteiger partial charge on any atom is -0.493 e. The highest BCUT2D eigenvalue weighted by molar-refractivity contribution is 7.09. The molecule has 3 rings (SSSR count). The summed E-state index contributed by atoms with van der Waals surface area (Å²) in [6.45, 7) is 3.50. The first-order valence-electron chi connectivity index (χ1n) is 13.9. The molecule has 0 spiro atoms. The molecule has 0 bridgehead atoms. The van der Waals surface area contributed by atoms with Gasteiger partial charge in [0.1, 0.15) is 6.54 Å². The standard InChI is InChI=1S/C30H44N2O4S/c1-4-5-6-10-15-29(33)32(25-12-8-7-9-13-25)23-30(34)31(22-26-14-11-20-37-26)19-18-24-16-17-27(35-2)28(21-24)36-3/h11,14,16-17,20-21,25H,4-10,12-13,15,18-19,22-23H2,1-3H3. The summed E-state index contributed by atoms with van der Waals surface area (Å²) in [6.07, 6.45) is 11.0. The lowest BCUT2D eigenvalue weighted by atomic mass is 9.93. The molecule has 2 amide bonds. The van der Waals surface area contributed by atoms with Crippen LogP contribution in [0.15, 0.2) is 35.7 Å². The van der Waals surface area contributed by atoms with Gasteiger partial charge in [-0.05, 0) is 54.8 Å². The summed E-state index contributed by atoms with van der Waals surface area (Å²) in [6, 6.07) is 10.2. The number of hydrogen-bond acceptors (Lipinski definition) is 5. The van der Waals surface area contributed by atoms with Crippen molar-refractivity contribution in [1.29, 1.82) is 0 Å². The molecule has 1 aliphatic carbocycles. The number of methoxy groups -OCH3 is 2. The Labute approximate surface area is 226 Å². The number of benzene rings is 1. The molecule has 0 radical (unpaired) electrons. The zero-order valence-electron chi connectivity index (χ0n) is 22.9. The summed E-state index contributed by atoms with van der Waals surface area (Å²) in [5.41, 5.74) is 1.08. The van der Waals surface area contributed by atoms with Crippen LogP contribution < -0.4 is 9.47 Å². The van der Waals surface area contributed by atoms with Gasteiger partial charge in [0.15, 0.2) is 11.5 Å². The van der Waals surface area contributed by atoms with Crippen LogP contribution in [-0.4, -0.2) is 55.0 Å². The molecule has 1 aliphatic rings. The molecule has 1 aromatic heterocycles. The van der Waals surface area contributed by atoms with Gasteiger partial charge in [-0.3, -0.25) is 9.59 Å². The largest absolute Gasteiger partial charge is 0.493 e. The molecule has 0 saturated heterocycles. The Morgan fingerprint density at radius 1 is 0.973 bits per heavy atom. The quantitative estimate of drug-likeness (QED) is 0.249. The smallest absolute Gasteiger partial charge is 0.242 e. The first-order valence-corrected chi connectivity index (χ1v) is 14.7. The summed E-state index contributed by atoms with van der Waals surface area (Å²) < 4.78 is 10.8. The highest BCUT2D eigenvalue weighted by Crippen LogP contribution is 2.28. The average molecular weight is 529 g/mol. The van der Waals surface area contributed by atoms with Crippen molar-refractivity contribution in [2.75, 3.05) is 27.3 Å². The van der Waals surface area contributed by atoms with Crippen LogP contribution in [0.2, 0.25) is 0 Å². The minimum atomic E-state index is 0.0290. The molecule has 204 valence electrons. The van der Waals surface area contributed by atoms with Crippen LogP contribution in [-0.2, 0) is 22.6 Å². The van der Waals surface area contributed by atoms with Gasteiger partial charge in [0.05, 0.1) is 20.8 Å². The minimum absolute atomic E-state index is 0.0290. The van der Waals surface area contributed by atoms with Gasteiger partial charge < -0.3 is 19.3 Å². The summed E-state index contributed by atoms with van der Waals surface area (Å²) in [7, 11) is 3.26. The van der Waals surface area contributed by atoms with E-state index in [2.05, 4.69) is 13.0 Å². The Hall–Kier alpha value is -2.54. The van der Waals surface area contributed by atoms with Crippen LogP contribution in [0, 0.1) is 0 Å². The molecular formula is C30H44N2O4S. The van der Waals surface area contributed by atoms with E-state index < -0.39 is 0 Å². The molecule has 2 aromatic rings. The van der Waals surface area contributed by atoms with Gasteiger partial charge >= 0.3 is 0 Å². The first-order chi connectivity index (χ1) is 18.0. The summed E-state index contributed by atoms with van der Waals surface area (Å²) in [5, 5.41) is 2.04. The van der Waals surface area contributed by atoms with Crippen LogP contribution >= 0.6 is 11.3 Å². The highest BCUT2D eigenvalue weighted by atomic mass is 32.1. The van der Waals surface area contributed by atoms with E-state index in [1.807, 2.05) is 39.4 Å². The zero-order valence-corrected chi connectivity index (χ0v) is 23.7. The lowest BCUT2D eigenvalue weighted by Gasteiger charge is -2.35. The molecule has 0 N–H and O–H groups in total. The SMILES string of the molecule is CCCCCCC(=O)N(CC(=O)N(CCc1ccc(OC)c(OC)c1)Cc1cccs1)C1CCCCC1. The van der Waals surface area contributed by atoms with Crippen LogP contribution in [0.4, 0.5) is 0 Å². The van der Waals surface area contributed by atoms with Gasteiger partial charge in [0, 0.05) is 23.9 Å². The van der Waals surface area contributed by atoms with E-state index >= 15 is 0 Å². The molecule has 1 saturated carbocycles. The number of amides is 2. The van der Waals surface area contributed by atoms with Gasteiger partial charge in [0.25, 0.3) is 0 Å². The Bertz CT molecular complexity index is 956. The maximum Gasteiger partial charge on any atom is 0.242 e. The van der Waals surface area contributed by atoms with E-state index in [-0.39, 0.29) is 24.4 Å². The number of rotatable bonds is 15. The second-order valence-electron chi connectivity index (χ2n) is 9.96.